The van der Waals surface area contributed by atoms with E-state index in [1.54, 1.807) is 7.05 Å². The molecule has 0 aromatic carbocycles. The van der Waals surface area contributed by atoms with Crippen LogP contribution < -0.4 is 10.0 Å². The molecule has 21 heavy (non-hydrogen) atoms. The number of nitrogens with zero attached hydrogens (tertiary/aromatic N) is 2. The second kappa shape index (κ2) is 9.74. The summed E-state index contributed by atoms with van der Waals surface area (Å²) in [7, 11) is -1.72. The van der Waals surface area contributed by atoms with E-state index in [0.29, 0.717) is 6.54 Å². The van der Waals surface area contributed by atoms with Crippen molar-refractivity contribution in [3.8, 4) is 0 Å². The molecule has 1 saturated heterocycles. The quantitative estimate of drug-likeness (QED) is 0.548. The Labute approximate surface area is 130 Å². The van der Waals surface area contributed by atoms with Gasteiger partial charge in [0.05, 0.1) is 0 Å². The summed E-state index contributed by atoms with van der Waals surface area (Å²) in [6.45, 7) is 9.42. The second-order valence-corrected chi connectivity index (χ2v) is 7.77. The van der Waals surface area contributed by atoms with E-state index >= 15 is 0 Å². The first-order chi connectivity index (χ1) is 9.95. The summed E-state index contributed by atoms with van der Waals surface area (Å²) < 4.78 is 28.6. The van der Waals surface area contributed by atoms with Crippen LogP contribution in [0.1, 0.15) is 39.5 Å². The molecule has 0 spiro atoms. The third-order valence-corrected chi connectivity index (χ3v) is 5.45. The molecule has 0 saturated carbocycles. The average molecular weight is 321 g/mol. The Hall–Kier alpha value is -0.210. The molecule has 0 amide bonds. The molecule has 7 heteroatoms. The first-order valence-corrected chi connectivity index (χ1v) is 9.56. The molecule has 1 aliphatic heterocycles. The van der Waals surface area contributed by atoms with E-state index in [2.05, 4.69) is 21.9 Å². The zero-order valence-electron chi connectivity index (χ0n) is 13.8. The topological polar surface area (TPSA) is 64.7 Å². The summed E-state index contributed by atoms with van der Waals surface area (Å²) in [6, 6.07) is -0.0474. The Morgan fingerprint density at radius 1 is 1.24 bits per heavy atom. The summed E-state index contributed by atoms with van der Waals surface area (Å²) in [5, 5.41) is 3.28. The van der Waals surface area contributed by atoms with Gasteiger partial charge in [0.25, 0.3) is 10.2 Å². The van der Waals surface area contributed by atoms with Gasteiger partial charge in [0.15, 0.2) is 0 Å². The predicted octanol–water partition coefficient (Wildman–Crippen LogP) is 0.627. The lowest BCUT2D eigenvalue weighted by Gasteiger charge is -2.24. The number of hydrogen-bond donors (Lipinski definition) is 2. The fraction of sp³-hybridized carbons (Fsp3) is 1.00. The van der Waals surface area contributed by atoms with E-state index in [4.69, 9.17) is 0 Å². The van der Waals surface area contributed by atoms with E-state index in [-0.39, 0.29) is 6.04 Å². The van der Waals surface area contributed by atoms with Crippen molar-refractivity contribution in [3.63, 3.8) is 0 Å². The Morgan fingerprint density at radius 3 is 2.52 bits per heavy atom. The van der Waals surface area contributed by atoms with Gasteiger partial charge >= 0.3 is 0 Å². The summed E-state index contributed by atoms with van der Waals surface area (Å²) in [4.78, 5) is 2.32. The molecule has 0 bridgehead atoms. The van der Waals surface area contributed by atoms with Gasteiger partial charge in [0.1, 0.15) is 0 Å². The maximum atomic E-state index is 12.2. The molecule has 6 nitrogen and oxygen atoms in total. The molecule has 1 unspecified atom stereocenters. The van der Waals surface area contributed by atoms with E-state index in [0.717, 1.165) is 45.6 Å². The van der Waals surface area contributed by atoms with Crippen LogP contribution in [0.4, 0.5) is 0 Å². The Morgan fingerprint density at radius 2 is 1.90 bits per heavy atom. The van der Waals surface area contributed by atoms with E-state index in [1.807, 2.05) is 6.92 Å². The highest BCUT2D eigenvalue weighted by Crippen LogP contribution is 2.08. The summed E-state index contributed by atoms with van der Waals surface area (Å²) in [6.07, 6.45) is 4.38. The summed E-state index contributed by atoms with van der Waals surface area (Å²) >= 11 is 0. The second-order valence-electron chi connectivity index (χ2n) is 5.96. The van der Waals surface area contributed by atoms with Crippen LogP contribution in [0.25, 0.3) is 0 Å². The maximum Gasteiger partial charge on any atom is 0.279 e. The monoisotopic (exact) mass is 320 g/mol. The van der Waals surface area contributed by atoms with Crippen molar-refractivity contribution in [1.29, 1.82) is 0 Å². The van der Waals surface area contributed by atoms with Gasteiger partial charge in [-0.2, -0.15) is 17.4 Å². The number of hydrogen-bond acceptors (Lipinski definition) is 4. The zero-order valence-corrected chi connectivity index (χ0v) is 14.6. The predicted molar refractivity (Wildman–Crippen MR) is 87.6 cm³/mol. The molecule has 2 N–H and O–H groups in total. The van der Waals surface area contributed by atoms with Crippen molar-refractivity contribution in [2.45, 2.75) is 45.6 Å². The number of likely N-dealkylation sites (tertiary alicyclic amines) is 1. The van der Waals surface area contributed by atoms with Gasteiger partial charge in [-0.3, -0.25) is 0 Å². The molecular weight excluding hydrogens is 288 g/mol. The molecule has 0 radical (unpaired) electrons. The van der Waals surface area contributed by atoms with Crippen LogP contribution in [-0.4, -0.2) is 70.0 Å². The normalized spacial score (nSPS) is 18.5. The molecule has 0 aromatic rings. The first-order valence-electron chi connectivity index (χ1n) is 8.12. The van der Waals surface area contributed by atoms with Crippen LogP contribution in [-0.2, 0) is 10.2 Å². The van der Waals surface area contributed by atoms with Crippen molar-refractivity contribution in [1.82, 2.24) is 19.2 Å². The molecule has 1 atom stereocenters. The average Bonchev–Trinajstić information content (AvgIpc) is 2.90. The molecule has 1 rings (SSSR count). The van der Waals surface area contributed by atoms with Crippen LogP contribution in [0.15, 0.2) is 0 Å². The van der Waals surface area contributed by atoms with Crippen LogP contribution in [0.5, 0.6) is 0 Å². The van der Waals surface area contributed by atoms with Gasteiger partial charge in [-0.25, -0.2) is 0 Å². The minimum Gasteiger partial charge on any atom is -0.317 e. The van der Waals surface area contributed by atoms with Crippen molar-refractivity contribution in [3.05, 3.63) is 0 Å². The molecule has 0 aliphatic carbocycles. The van der Waals surface area contributed by atoms with Crippen LogP contribution in [0.3, 0.4) is 0 Å². The van der Waals surface area contributed by atoms with Crippen LogP contribution in [0, 0.1) is 0 Å². The Kier molecular flexibility index (Phi) is 8.73. The highest BCUT2D eigenvalue weighted by atomic mass is 32.2. The molecule has 1 heterocycles. The Bertz CT molecular complexity index is 369. The van der Waals surface area contributed by atoms with E-state index < -0.39 is 10.2 Å². The van der Waals surface area contributed by atoms with Gasteiger partial charge in [-0.1, -0.05) is 6.92 Å². The van der Waals surface area contributed by atoms with Gasteiger partial charge in [-0.15, -0.1) is 0 Å². The largest absolute Gasteiger partial charge is 0.317 e. The lowest BCUT2D eigenvalue weighted by molar-refractivity contribution is 0.309. The lowest BCUT2D eigenvalue weighted by atomic mass is 10.3. The fourth-order valence-electron chi connectivity index (χ4n) is 2.58. The van der Waals surface area contributed by atoms with Crippen molar-refractivity contribution < 1.29 is 8.42 Å². The Balaban J connectivity index is 2.26. The fourth-order valence-corrected chi connectivity index (χ4v) is 3.72. The van der Waals surface area contributed by atoms with Crippen molar-refractivity contribution >= 4 is 10.2 Å². The molecule has 0 aromatic heterocycles. The third kappa shape index (κ3) is 7.56. The lowest BCUT2D eigenvalue weighted by Crippen LogP contribution is -2.47. The number of nitrogens with one attached hydrogen (secondary N) is 2. The van der Waals surface area contributed by atoms with Crippen molar-refractivity contribution in [2.24, 2.45) is 0 Å². The van der Waals surface area contributed by atoms with E-state index in [1.165, 1.54) is 17.1 Å². The SMILES string of the molecule is CCCNCCCN(C)S(=O)(=O)NC(C)CN1CCCC1. The van der Waals surface area contributed by atoms with Crippen LogP contribution in [0.2, 0.25) is 0 Å². The molecular formula is C14H32N4O2S. The zero-order chi connectivity index (χ0) is 15.7. The smallest absolute Gasteiger partial charge is 0.279 e. The molecule has 126 valence electrons. The highest BCUT2D eigenvalue weighted by Gasteiger charge is 2.22. The van der Waals surface area contributed by atoms with Gasteiger partial charge < -0.3 is 10.2 Å². The van der Waals surface area contributed by atoms with Gasteiger partial charge in [0, 0.05) is 26.2 Å². The van der Waals surface area contributed by atoms with Gasteiger partial charge in [0.2, 0.25) is 0 Å². The number of rotatable bonds is 11. The van der Waals surface area contributed by atoms with Crippen LogP contribution >= 0.6 is 0 Å². The van der Waals surface area contributed by atoms with E-state index in [9.17, 15) is 8.42 Å². The minimum atomic E-state index is -3.37. The summed E-state index contributed by atoms with van der Waals surface area (Å²) in [5.74, 6) is 0. The molecule has 1 aliphatic rings. The molecule has 1 fully saturated rings. The first kappa shape index (κ1) is 18.8. The maximum absolute atomic E-state index is 12.2. The standard InChI is InChI=1S/C14H32N4O2S/c1-4-8-15-9-7-10-17(3)21(19,20)16-14(2)13-18-11-5-6-12-18/h14-16H,4-13H2,1-3H3. The minimum absolute atomic E-state index is 0.0474. The third-order valence-electron chi connectivity index (χ3n) is 3.74. The highest BCUT2D eigenvalue weighted by molar-refractivity contribution is 7.87. The van der Waals surface area contributed by atoms with Gasteiger partial charge in [-0.05, 0) is 58.8 Å². The van der Waals surface area contributed by atoms with Crippen molar-refractivity contribution in [2.75, 3.05) is 46.3 Å². The summed E-state index contributed by atoms with van der Waals surface area (Å²) in [5.41, 5.74) is 0.